The molecule has 5 rings (SSSR count). The molecule has 0 spiro atoms. The van der Waals surface area contributed by atoms with Crippen molar-refractivity contribution in [1.29, 1.82) is 0 Å². The van der Waals surface area contributed by atoms with Crippen molar-refractivity contribution in [2.75, 3.05) is 24.7 Å². The van der Waals surface area contributed by atoms with Gasteiger partial charge in [0.15, 0.2) is 0 Å². The van der Waals surface area contributed by atoms with Gasteiger partial charge in [0.05, 0.1) is 18.2 Å². The van der Waals surface area contributed by atoms with Crippen LogP contribution >= 0.6 is 11.8 Å². The van der Waals surface area contributed by atoms with Gasteiger partial charge in [0.2, 0.25) is 0 Å². The standard InChI is InChI=1S/C34H29N3O5S/c1-42-26-14-7-10-23(20-26)21-30(36-31(38)24-11-3-2-4-12-24)32(39)35-25-13-8-15-27(22-25)43-19-9-18-37-33(40)28-16-5-6-17-29(28)34(37)41/h2-8,10-17,20-22H,9,18-19H2,1H3,(H,35,39)(H,36,38)/b30-21+. The summed E-state index contributed by atoms with van der Waals surface area (Å²) < 4.78 is 5.30. The third-order valence-electron chi connectivity index (χ3n) is 6.70. The smallest absolute Gasteiger partial charge is 0.272 e. The lowest BCUT2D eigenvalue weighted by atomic mass is 10.1. The molecule has 0 unspecified atom stereocenters. The molecule has 43 heavy (non-hydrogen) atoms. The summed E-state index contributed by atoms with van der Waals surface area (Å²) in [6, 6.07) is 30.0. The summed E-state index contributed by atoms with van der Waals surface area (Å²) in [6.07, 6.45) is 2.21. The molecule has 1 aliphatic rings. The zero-order chi connectivity index (χ0) is 30.2. The quantitative estimate of drug-likeness (QED) is 0.0977. The summed E-state index contributed by atoms with van der Waals surface area (Å²) in [5.41, 5.74) is 2.63. The highest BCUT2D eigenvalue weighted by Gasteiger charge is 2.34. The molecule has 2 N–H and O–H groups in total. The molecule has 4 aromatic rings. The van der Waals surface area contributed by atoms with Gasteiger partial charge in [-0.2, -0.15) is 0 Å². The Kier molecular flexibility index (Phi) is 9.33. The van der Waals surface area contributed by atoms with Crippen LogP contribution in [0.1, 0.15) is 43.1 Å². The fourth-order valence-electron chi connectivity index (χ4n) is 4.56. The molecule has 0 bridgehead atoms. The predicted molar refractivity (Wildman–Crippen MR) is 167 cm³/mol. The van der Waals surface area contributed by atoms with Gasteiger partial charge >= 0.3 is 0 Å². The molecule has 0 radical (unpaired) electrons. The molecular formula is C34H29N3O5S. The van der Waals surface area contributed by atoms with Crippen molar-refractivity contribution in [2.24, 2.45) is 0 Å². The molecule has 0 aromatic heterocycles. The van der Waals surface area contributed by atoms with Crippen molar-refractivity contribution in [2.45, 2.75) is 11.3 Å². The monoisotopic (exact) mass is 591 g/mol. The zero-order valence-electron chi connectivity index (χ0n) is 23.4. The molecule has 0 saturated carbocycles. The number of ether oxygens (including phenoxy) is 1. The van der Waals surface area contributed by atoms with Crippen LogP contribution in [0, 0.1) is 0 Å². The van der Waals surface area contributed by atoms with E-state index in [0.717, 1.165) is 4.90 Å². The SMILES string of the molecule is COc1cccc(/C=C(/NC(=O)c2ccccc2)C(=O)Nc2cccc(SCCCN3C(=O)c4ccccc4C3=O)c2)c1. The van der Waals surface area contributed by atoms with Crippen LogP contribution in [0.25, 0.3) is 6.08 Å². The first-order valence-electron chi connectivity index (χ1n) is 13.6. The number of anilines is 1. The third kappa shape index (κ3) is 7.20. The van der Waals surface area contributed by atoms with Crippen LogP contribution in [0.5, 0.6) is 5.75 Å². The van der Waals surface area contributed by atoms with Crippen molar-refractivity contribution in [3.05, 3.63) is 131 Å². The number of methoxy groups -OCH3 is 1. The van der Waals surface area contributed by atoms with Crippen molar-refractivity contribution in [1.82, 2.24) is 10.2 Å². The van der Waals surface area contributed by atoms with Gasteiger partial charge in [-0.15, -0.1) is 11.8 Å². The highest BCUT2D eigenvalue weighted by atomic mass is 32.2. The maximum absolute atomic E-state index is 13.4. The van der Waals surface area contributed by atoms with E-state index in [0.29, 0.717) is 52.4 Å². The number of carbonyl (C=O) groups is 4. The lowest BCUT2D eigenvalue weighted by molar-refractivity contribution is -0.113. The number of fused-ring (bicyclic) bond motifs is 1. The second-order valence-electron chi connectivity index (χ2n) is 9.65. The molecule has 0 saturated heterocycles. The summed E-state index contributed by atoms with van der Waals surface area (Å²) in [6.45, 7) is 0.329. The number of thioether (sulfide) groups is 1. The van der Waals surface area contributed by atoms with Gasteiger partial charge in [-0.05, 0) is 78.4 Å². The average Bonchev–Trinajstić information content (AvgIpc) is 3.28. The summed E-state index contributed by atoms with van der Waals surface area (Å²) >= 11 is 1.56. The van der Waals surface area contributed by atoms with E-state index in [-0.39, 0.29) is 17.5 Å². The Labute approximate surface area is 253 Å². The summed E-state index contributed by atoms with van der Waals surface area (Å²) in [7, 11) is 1.56. The van der Waals surface area contributed by atoms with Crippen LogP contribution in [0.3, 0.4) is 0 Å². The van der Waals surface area contributed by atoms with E-state index >= 15 is 0 Å². The molecule has 0 fully saturated rings. The summed E-state index contributed by atoms with van der Waals surface area (Å²) in [4.78, 5) is 53.7. The molecule has 0 atom stereocenters. The van der Waals surface area contributed by atoms with Gasteiger partial charge in [-0.3, -0.25) is 24.1 Å². The molecule has 4 amide bonds. The molecular weight excluding hydrogens is 562 g/mol. The highest BCUT2D eigenvalue weighted by Crippen LogP contribution is 2.26. The van der Waals surface area contributed by atoms with Crippen LogP contribution in [-0.2, 0) is 4.79 Å². The van der Waals surface area contributed by atoms with E-state index in [9.17, 15) is 19.2 Å². The van der Waals surface area contributed by atoms with Crippen molar-refractivity contribution >= 4 is 47.2 Å². The number of nitrogens with one attached hydrogen (secondary N) is 2. The van der Waals surface area contributed by atoms with Gasteiger partial charge in [-0.1, -0.05) is 48.5 Å². The van der Waals surface area contributed by atoms with Crippen LogP contribution in [-0.4, -0.2) is 47.9 Å². The molecule has 9 heteroatoms. The van der Waals surface area contributed by atoms with E-state index in [1.807, 2.05) is 30.3 Å². The third-order valence-corrected chi connectivity index (χ3v) is 7.78. The Morgan fingerprint density at radius 2 is 1.53 bits per heavy atom. The Morgan fingerprint density at radius 3 is 2.26 bits per heavy atom. The average molecular weight is 592 g/mol. The lowest BCUT2D eigenvalue weighted by Crippen LogP contribution is -2.31. The summed E-state index contributed by atoms with van der Waals surface area (Å²) in [5, 5.41) is 5.62. The predicted octanol–water partition coefficient (Wildman–Crippen LogP) is 5.88. The maximum Gasteiger partial charge on any atom is 0.272 e. The Morgan fingerprint density at radius 1 is 0.837 bits per heavy atom. The Hall–Kier alpha value is -5.15. The van der Waals surface area contributed by atoms with Crippen molar-refractivity contribution in [3.63, 3.8) is 0 Å². The van der Waals surface area contributed by atoms with E-state index in [1.54, 1.807) is 97.7 Å². The molecule has 1 heterocycles. The highest BCUT2D eigenvalue weighted by molar-refractivity contribution is 7.99. The minimum Gasteiger partial charge on any atom is -0.497 e. The first-order valence-corrected chi connectivity index (χ1v) is 14.6. The largest absolute Gasteiger partial charge is 0.497 e. The number of carbonyl (C=O) groups excluding carboxylic acids is 4. The first-order chi connectivity index (χ1) is 20.9. The van der Waals surface area contributed by atoms with Gasteiger partial charge in [0.1, 0.15) is 11.4 Å². The van der Waals surface area contributed by atoms with Crippen molar-refractivity contribution in [3.8, 4) is 5.75 Å². The molecule has 0 aliphatic carbocycles. The normalized spacial score (nSPS) is 12.6. The minimum absolute atomic E-state index is 0.0705. The Balaban J connectivity index is 1.23. The van der Waals surface area contributed by atoms with E-state index in [2.05, 4.69) is 10.6 Å². The zero-order valence-corrected chi connectivity index (χ0v) is 24.2. The fraction of sp³-hybridized carbons (Fsp3) is 0.118. The lowest BCUT2D eigenvalue weighted by Gasteiger charge is -2.14. The number of nitrogens with zero attached hydrogens (tertiary/aromatic N) is 1. The van der Waals surface area contributed by atoms with E-state index < -0.39 is 11.8 Å². The van der Waals surface area contributed by atoms with Gasteiger partial charge in [-0.25, -0.2) is 0 Å². The molecule has 8 nitrogen and oxygen atoms in total. The maximum atomic E-state index is 13.4. The van der Waals surface area contributed by atoms with E-state index in [1.165, 1.54) is 4.90 Å². The molecule has 1 aliphatic heterocycles. The number of hydrogen-bond acceptors (Lipinski definition) is 6. The van der Waals surface area contributed by atoms with Gasteiger partial charge in [0, 0.05) is 22.7 Å². The second kappa shape index (κ2) is 13.7. The van der Waals surface area contributed by atoms with Crippen LogP contribution < -0.4 is 15.4 Å². The number of imide groups is 1. The topological polar surface area (TPSA) is 105 Å². The fourth-order valence-corrected chi connectivity index (χ4v) is 5.45. The molecule has 4 aromatic carbocycles. The Bertz CT molecular complexity index is 1670. The van der Waals surface area contributed by atoms with Gasteiger partial charge < -0.3 is 15.4 Å². The van der Waals surface area contributed by atoms with Crippen LogP contribution in [0.4, 0.5) is 5.69 Å². The number of hydrogen-bond donors (Lipinski definition) is 2. The minimum atomic E-state index is -0.486. The number of amides is 4. The second-order valence-corrected chi connectivity index (χ2v) is 10.8. The molecule has 216 valence electrons. The first kappa shape index (κ1) is 29.3. The van der Waals surface area contributed by atoms with Crippen molar-refractivity contribution < 1.29 is 23.9 Å². The van der Waals surface area contributed by atoms with Crippen LogP contribution in [0.15, 0.2) is 114 Å². The number of benzene rings is 4. The number of rotatable bonds is 11. The van der Waals surface area contributed by atoms with Gasteiger partial charge in [0.25, 0.3) is 23.6 Å². The van der Waals surface area contributed by atoms with Crippen LogP contribution in [0.2, 0.25) is 0 Å². The van der Waals surface area contributed by atoms with E-state index in [4.69, 9.17) is 4.74 Å². The summed E-state index contributed by atoms with van der Waals surface area (Å²) in [5.74, 6) is -0.124.